The van der Waals surface area contributed by atoms with Gasteiger partial charge in [-0.2, -0.15) is 0 Å². The highest BCUT2D eigenvalue weighted by Gasteiger charge is 2.22. The average Bonchev–Trinajstić information content (AvgIpc) is 2.81. The Hall–Kier alpha value is -2.73. The van der Waals surface area contributed by atoms with E-state index < -0.39 is 0 Å². The van der Waals surface area contributed by atoms with Crippen LogP contribution < -0.4 is 10.2 Å². The first kappa shape index (κ1) is 22.5. The second-order valence-electron chi connectivity index (χ2n) is 7.41. The van der Waals surface area contributed by atoms with E-state index in [0.717, 1.165) is 18.8 Å². The van der Waals surface area contributed by atoms with Crippen LogP contribution >= 0.6 is 34.8 Å². The first-order chi connectivity index (χ1) is 15.4. The van der Waals surface area contributed by atoms with E-state index in [9.17, 15) is 9.59 Å². The maximum absolute atomic E-state index is 12.7. The molecule has 8 heteroatoms. The summed E-state index contributed by atoms with van der Waals surface area (Å²) in [4.78, 5) is 29.2. The average molecular weight is 489 g/mol. The Morgan fingerprint density at radius 1 is 0.750 bits per heavy atom. The number of nitrogens with one attached hydrogen (secondary N) is 1. The van der Waals surface area contributed by atoms with E-state index in [-0.39, 0.29) is 11.8 Å². The number of carbonyl (C=O) groups excluding carboxylic acids is 2. The van der Waals surface area contributed by atoms with Crippen LogP contribution in [0.25, 0.3) is 0 Å². The zero-order valence-corrected chi connectivity index (χ0v) is 19.3. The molecule has 1 heterocycles. The van der Waals surface area contributed by atoms with Crippen molar-refractivity contribution in [1.82, 2.24) is 4.90 Å². The van der Waals surface area contributed by atoms with Gasteiger partial charge >= 0.3 is 0 Å². The predicted octanol–water partition coefficient (Wildman–Crippen LogP) is 5.86. The fourth-order valence-electron chi connectivity index (χ4n) is 3.57. The summed E-state index contributed by atoms with van der Waals surface area (Å²) in [6.45, 7) is 2.72. The lowest BCUT2D eigenvalue weighted by molar-refractivity contribution is 0.0746. The van der Waals surface area contributed by atoms with Gasteiger partial charge in [-0.05, 0) is 66.7 Å². The summed E-state index contributed by atoms with van der Waals surface area (Å²) < 4.78 is 0. The van der Waals surface area contributed by atoms with Crippen molar-refractivity contribution in [3.8, 4) is 0 Å². The van der Waals surface area contributed by atoms with Gasteiger partial charge in [0.05, 0.1) is 10.6 Å². The van der Waals surface area contributed by atoms with Gasteiger partial charge in [0.1, 0.15) is 0 Å². The molecule has 0 saturated carbocycles. The van der Waals surface area contributed by atoms with Gasteiger partial charge in [0, 0.05) is 53.2 Å². The number of rotatable bonds is 4. The van der Waals surface area contributed by atoms with E-state index in [1.807, 2.05) is 29.2 Å². The molecule has 0 spiro atoms. The van der Waals surface area contributed by atoms with Crippen molar-refractivity contribution in [2.24, 2.45) is 0 Å². The van der Waals surface area contributed by atoms with E-state index in [1.165, 1.54) is 0 Å². The number of hydrogen-bond donors (Lipinski definition) is 1. The lowest BCUT2D eigenvalue weighted by Gasteiger charge is -2.36. The number of carbonyl (C=O) groups is 2. The van der Waals surface area contributed by atoms with Crippen molar-refractivity contribution in [3.05, 3.63) is 92.9 Å². The minimum absolute atomic E-state index is 0.0130. The Morgan fingerprint density at radius 3 is 2.03 bits per heavy atom. The molecule has 1 saturated heterocycles. The Labute approximate surface area is 201 Å². The Kier molecular flexibility index (Phi) is 6.89. The highest BCUT2D eigenvalue weighted by molar-refractivity contribution is 6.36. The number of amides is 2. The van der Waals surface area contributed by atoms with Crippen LogP contribution in [0.15, 0.2) is 66.7 Å². The third-order valence-electron chi connectivity index (χ3n) is 5.32. The molecule has 32 heavy (non-hydrogen) atoms. The van der Waals surface area contributed by atoms with E-state index in [4.69, 9.17) is 34.8 Å². The second-order valence-corrected chi connectivity index (χ2v) is 8.69. The van der Waals surface area contributed by atoms with Gasteiger partial charge < -0.3 is 15.1 Å². The van der Waals surface area contributed by atoms with E-state index in [0.29, 0.717) is 45.0 Å². The molecular weight excluding hydrogens is 469 g/mol. The molecule has 0 bridgehead atoms. The van der Waals surface area contributed by atoms with Crippen LogP contribution in [0.3, 0.4) is 0 Å². The van der Waals surface area contributed by atoms with Crippen LogP contribution in [0, 0.1) is 0 Å². The molecule has 0 radical (unpaired) electrons. The normalized spacial score (nSPS) is 13.7. The fraction of sp³-hybridized carbons (Fsp3) is 0.167. The smallest absolute Gasteiger partial charge is 0.257 e. The van der Waals surface area contributed by atoms with Crippen LogP contribution in [-0.2, 0) is 0 Å². The standard InChI is InChI=1S/C24H20Cl3N3O2/c25-17-3-1-16(2-4-17)24(32)30-13-11-29(12-14-30)20-8-6-19(7-9-20)28-23(31)21-15-18(26)5-10-22(21)27/h1-10,15H,11-14H2,(H,28,31). The quantitative estimate of drug-likeness (QED) is 0.500. The summed E-state index contributed by atoms with van der Waals surface area (Å²) in [6, 6.07) is 19.3. The molecule has 1 aliphatic rings. The van der Waals surface area contributed by atoms with Crippen molar-refractivity contribution in [2.75, 3.05) is 36.4 Å². The Balaban J connectivity index is 1.35. The van der Waals surface area contributed by atoms with Gasteiger partial charge in [-0.25, -0.2) is 0 Å². The highest BCUT2D eigenvalue weighted by atomic mass is 35.5. The predicted molar refractivity (Wildman–Crippen MR) is 130 cm³/mol. The van der Waals surface area contributed by atoms with Gasteiger partial charge in [-0.15, -0.1) is 0 Å². The van der Waals surface area contributed by atoms with Crippen molar-refractivity contribution in [3.63, 3.8) is 0 Å². The number of hydrogen-bond acceptors (Lipinski definition) is 3. The fourth-order valence-corrected chi connectivity index (χ4v) is 4.07. The molecule has 0 unspecified atom stereocenters. The molecule has 1 N–H and O–H groups in total. The van der Waals surface area contributed by atoms with Crippen molar-refractivity contribution in [2.45, 2.75) is 0 Å². The lowest BCUT2D eigenvalue weighted by Crippen LogP contribution is -2.48. The number of nitrogens with zero attached hydrogens (tertiary/aromatic N) is 2. The third-order valence-corrected chi connectivity index (χ3v) is 6.14. The van der Waals surface area contributed by atoms with Crippen LogP contribution in [0.2, 0.25) is 15.1 Å². The molecule has 0 atom stereocenters. The van der Waals surface area contributed by atoms with Gasteiger partial charge in [0.15, 0.2) is 0 Å². The summed E-state index contributed by atoms with van der Waals surface area (Å²) in [5.41, 5.74) is 2.65. The van der Waals surface area contributed by atoms with Crippen molar-refractivity contribution < 1.29 is 9.59 Å². The SMILES string of the molecule is O=C(Nc1ccc(N2CCN(C(=O)c3ccc(Cl)cc3)CC2)cc1)c1cc(Cl)ccc1Cl. The molecule has 4 rings (SSSR count). The third kappa shape index (κ3) is 5.18. The Bertz CT molecular complexity index is 1130. The number of halogens is 3. The maximum atomic E-state index is 12.7. The summed E-state index contributed by atoms with van der Waals surface area (Å²) in [6.07, 6.45) is 0. The van der Waals surface area contributed by atoms with Crippen LogP contribution in [0.4, 0.5) is 11.4 Å². The molecule has 164 valence electrons. The zero-order chi connectivity index (χ0) is 22.7. The summed E-state index contributed by atoms with van der Waals surface area (Å²) >= 11 is 18.0. The van der Waals surface area contributed by atoms with Crippen molar-refractivity contribution >= 4 is 58.0 Å². The molecule has 3 aromatic rings. The largest absolute Gasteiger partial charge is 0.368 e. The molecule has 3 aromatic carbocycles. The van der Waals surface area contributed by atoms with Gasteiger partial charge in [-0.1, -0.05) is 34.8 Å². The van der Waals surface area contributed by atoms with Crippen molar-refractivity contribution in [1.29, 1.82) is 0 Å². The second kappa shape index (κ2) is 9.82. The molecular formula is C24H20Cl3N3O2. The number of piperazine rings is 1. The van der Waals surface area contributed by atoms with E-state index >= 15 is 0 Å². The molecule has 1 aliphatic heterocycles. The number of benzene rings is 3. The zero-order valence-electron chi connectivity index (χ0n) is 17.0. The van der Waals surface area contributed by atoms with Gasteiger partial charge in [-0.3, -0.25) is 9.59 Å². The summed E-state index contributed by atoms with van der Waals surface area (Å²) in [7, 11) is 0. The summed E-state index contributed by atoms with van der Waals surface area (Å²) in [5, 5.41) is 4.24. The first-order valence-electron chi connectivity index (χ1n) is 10.1. The van der Waals surface area contributed by atoms with Crippen LogP contribution in [0.5, 0.6) is 0 Å². The minimum atomic E-state index is -0.320. The molecule has 1 fully saturated rings. The van der Waals surface area contributed by atoms with Gasteiger partial charge in [0.2, 0.25) is 0 Å². The summed E-state index contributed by atoms with van der Waals surface area (Å²) in [5.74, 6) is -0.307. The van der Waals surface area contributed by atoms with Crippen LogP contribution in [0.1, 0.15) is 20.7 Å². The number of anilines is 2. The van der Waals surface area contributed by atoms with Crippen LogP contribution in [-0.4, -0.2) is 42.9 Å². The molecule has 0 aromatic heterocycles. The highest BCUT2D eigenvalue weighted by Crippen LogP contribution is 2.24. The lowest BCUT2D eigenvalue weighted by atomic mass is 10.1. The molecule has 0 aliphatic carbocycles. The first-order valence-corrected chi connectivity index (χ1v) is 11.2. The molecule has 2 amide bonds. The van der Waals surface area contributed by atoms with E-state index in [1.54, 1.807) is 42.5 Å². The van der Waals surface area contributed by atoms with E-state index in [2.05, 4.69) is 10.2 Å². The van der Waals surface area contributed by atoms with Gasteiger partial charge in [0.25, 0.3) is 11.8 Å². The maximum Gasteiger partial charge on any atom is 0.257 e. The minimum Gasteiger partial charge on any atom is -0.368 e. The monoisotopic (exact) mass is 487 g/mol. The topological polar surface area (TPSA) is 52.7 Å². The Morgan fingerprint density at radius 2 is 1.38 bits per heavy atom. The molecule has 5 nitrogen and oxygen atoms in total.